The number of thioether (sulfide) groups is 1. The van der Waals surface area contributed by atoms with Crippen LogP contribution >= 0.6 is 11.8 Å². The molecule has 1 aromatic carbocycles. The average molecular weight is 311 g/mol. The molecule has 0 saturated heterocycles. The second-order valence-corrected chi connectivity index (χ2v) is 5.46. The second kappa shape index (κ2) is 9.23. The molecule has 1 aromatic rings. The van der Waals surface area contributed by atoms with Crippen LogP contribution in [0.4, 0.5) is 11.4 Å². The molecule has 0 aliphatic heterocycles. The Labute approximate surface area is 128 Å². The topological polar surface area (TPSA) is 84.3 Å². The number of amides is 1. The normalized spacial score (nSPS) is 10.2. The van der Waals surface area contributed by atoms with Crippen LogP contribution in [0.25, 0.3) is 0 Å². The number of nitro benzene ring substituents is 1. The van der Waals surface area contributed by atoms with E-state index in [1.807, 2.05) is 13.2 Å². The van der Waals surface area contributed by atoms with Gasteiger partial charge in [0.2, 0.25) is 0 Å². The van der Waals surface area contributed by atoms with E-state index in [4.69, 9.17) is 0 Å². The maximum absolute atomic E-state index is 12.2. The third-order valence-corrected chi connectivity index (χ3v) is 3.58. The fourth-order valence-corrected chi connectivity index (χ4v) is 2.34. The fraction of sp³-hybridized carbons (Fsp3) is 0.500. The Kier molecular flexibility index (Phi) is 7.60. The van der Waals surface area contributed by atoms with Gasteiger partial charge in [0.25, 0.3) is 11.6 Å². The average Bonchev–Trinajstić information content (AvgIpc) is 2.47. The van der Waals surface area contributed by atoms with E-state index in [-0.39, 0.29) is 11.6 Å². The Morgan fingerprint density at radius 3 is 2.76 bits per heavy atom. The Hall–Kier alpha value is -1.76. The van der Waals surface area contributed by atoms with Crippen molar-refractivity contribution in [2.24, 2.45) is 0 Å². The number of carbonyl (C=O) groups is 1. The summed E-state index contributed by atoms with van der Waals surface area (Å²) in [5, 5.41) is 16.7. The first kappa shape index (κ1) is 17.3. The van der Waals surface area contributed by atoms with Crippen LogP contribution < -0.4 is 10.6 Å². The van der Waals surface area contributed by atoms with Gasteiger partial charge in [-0.3, -0.25) is 14.9 Å². The fourth-order valence-electron chi connectivity index (χ4n) is 1.85. The Morgan fingerprint density at radius 1 is 1.38 bits per heavy atom. The lowest BCUT2D eigenvalue weighted by Gasteiger charge is -2.11. The predicted molar refractivity (Wildman–Crippen MR) is 87.2 cm³/mol. The van der Waals surface area contributed by atoms with Crippen molar-refractivity contribution in [1.29, 1.82) is 0 Å². The van der Waals surface area contributed by atoms with Crippen molar-refractivity contribution >= 4 is 29.0 Å². The molecule has 0 unspecified atom stereocenters. The summed E-state index contributed by atoms with van der Waals surface area (Å²) >= 11 is 1.77. The minimum Gasteiger partial charge on any atom is -0.385 e. The highest BCUT2D eigenvalue weighted by molar-refractivity contribution is 7.98. The Bertz CT molecular complexity index is 494. The molecule has 0 fully saturated rings. The molecule has 0 heterocycles. The van der Waals surface area contributed by atoms with Gasteiger partial charge < -0.3 is 10.6 Å². The lowest BCUT2D eigenvalue weighted by molar-refractivity contribution is -0.384. The molecule has 6 nitrogen and oxygen atoms in total. The molecular formula is C14H21N3O3S. The Morgan fingerprint density at radius 2 is 2.14 bits per heavy atom. The van der Waals surface area contributed by atoms with Gasteiger partial charge in [-0.05, 0) is 37.8 Å². The first-order valence-corrected chi connectivity index (χ1v) is 8.29. The van der Waals surface area contributed by atoms with Crippen molar-refractivity contribution in [3.05, 3.63) is 33.9 Å². The van der Waals surface area contributed by atoms with E-state index < -0.39 is 4.92 Å². The molecule has 1 rings (SSSR count). The summed E-state index contributed by atoms with van der Waals surface area (Å²) in [6, 6.07) is 4.28. The lowest BCUT2D eigenvalue weighted by Crippen LogP contribution is -2.25. The molecule has 116 valence electrons. The third-order valence-electron chi connectivity index (χ3n) is 2.89. The first-order chi connectivity index (χ1) is 10.1. The molecule has 0 spiro atoms. The number of rotatable bonds is 9. The van der Waals surface area contributed by atoms with Crippen molar-refractivity contribution in [3.8, 4) is 0 Å². The third kappa shape index (κ3) is 5.63. The molecule has 0 atom stereocenters. The highest BCUT2D eigenvalue weighted by Crippen LogP contribution is 2.22. The number of nitrogens with one attached hydrogen (secondary N) is 2. The number of unbranched alkanes of at least 4 members (excludes halogenated alkanes) is 1. The standard InChI is InChI=1S/C14H21N3O3S/c1-3-15-13-7-6-11(17(19)20)10-12(13)14(18)16-8-4-5-9-21-2/h6-7,10,15H,3-5,8-9H2,1-2H3,(H,16,18). The smallest absolute Gasteiger partial charge is 0.270 e. The number of nitro groups is 1. The number of carbonyl (C=O) groups excluding carboxylic acids is 1. The van der Waals surface area contributed by atoms with Crippen LogP contribution in [0, 0.1) is 10.1 Å². The van der Waals surface area contributed by atoms with Gasteiger partial charge in [-0.25, -0.2) is 0 Å². The molecule has 7 heteroatoms. The van der Waals surface area contributed by atoms with E-state index in [9.17, 15) is 14.9 Å². The van der Waals surface area contributed by atoms with Crippen molar-refractivity contribution in [2.75, 3.05) is 30.4 Å². The van der Waals surface area contributed by atoms with Gasteiger partial charge in [0.05, 0.1) is 10.5 Å². The van der Waals surface area contributed by atoms with Gasteiger partial charge in [-0.1, -0.05) is 0 Å². The van der Waals surface area contributed by atoms with Crippen LogP contribution in [0.2, 0.25) is 0 Å². The monoisotopic (exact) mass is 311 g/mol. The summed E-state index contributed by atoms with van der Waals surface area (Å²) < 4.78 is 0. The van der Waals surface area contributed by atoms with E-state index in [0.717, 1.165) is 18.6 Å². The number of non-ortho nitro benzene ring substituents is 1. The number of benzene rings is 1. The molecule has 0 aliphatic rings. The largest absolute Gasteiger partial charge is 0.385 e. The zero-order chi connectivity index (χ0) is 15.7. The molecule has 0 aromatic heterocycles. The highest BCUT2D eigenvalue weighted by atomic mass is 32.2. The van der Waals surface area contributed by atoms with Gasteiger partial charge in [0, 0.05) is 30.9 Å². The van der Waals surface area contributed by atoms with Crippen LogP contribution in [0.5, 0.6) is 0 Å². The summed E-state index contributed by atoms with van der Waals surface area (Å²) in [6.45, 7) is 3.13. The van der Waals surface area contributed by atoms with Crippen molar-refractivity contribution in [2.45, 2.75) is 19.8 Å². The molecule has 0 radical (unpaired) electrons. The second-order valence-electron chi connectivity index (χ2n) is 4.47. The van der Waals surface area contributed by atoms with Crippen LogP contribution in [0.1, 0.15) is 30.1 Å². The van der Waals surface area contributed by atoms with Crippen LogP contribution in [-0.2, 0) is 0 Å². The molecule has 1 amide bonds. The van der Waals surface area contributed by atoms with E-state index in [2.05, 4.69) is 10.6 Å². The summed E-state index contributed by atoms with van der Waals surface area (Å²) in [4.78, 5) is 22.5. The van der Waals surface area contributed by atoms with Gasteiger partial charge in [-0.15, -0.1) is 0 Å². The number of anilines is 1. The molecule has 0 aliphatic carbocycles. The maximum atomic E-state index is 12.2. The van der Waals surface area contributed by atoms with E-state index >= 15 is 0 Å². The highest BCUT2D eigenvalue weighted by Gasteiger charge is 2.16. The predicted octanol–water partition coefficient (Wildman–Crippen LogP) is 2.90. The molecule has 0 saturated carbocycles. The van der Waals surface area contributed by atoms with Gasteiger partial charge in [0.1, 0.15) is 0 Å². The summed E-state index contributed by atoms with van der Waals surface area (Å²) in [5.41, 5.74) is 0.852. The molecule has 2 N–H and O–H groups in total. The number of hydrogen-bond acceptors (Lipinski definition) is 5. The summed E-state index contributed by atoms with van der Waals surface area (Å²) in [5.74, 6) is 0.786. The van der Waals surface area contributed by atoms with Gasteiger partial charge >= 0.3 is 0 Å². The quantitative estimate of drug-likeness (QED) is 0.416. The maximum Gasteiger partial charge on any atom is 0.270 e. The van der Waals surface area contributed by atoms with Crippen molar-refractivity contribution < 1.29 is 9.72 Å². The summed E-state index contributed by atoms with van der Waals surface area (Å²) in [6.07, 6.45) is 3.98. The number of nitrogens with zero attached hydrogens (tertiary/aromatic N) is 1. The van der Waals surface area contributed by atoms with Crippen molar-refractivity contribution in [1.82, 2.24) is 5.32 Å². The zero-order valence-corrected chi connectivity index (χ0v) is 13.2. The molecule has 21 heavy (non-hydrogen) atoms. The van der Waals surface area contributed by atoms with Crippen molar-refractivity contribution in [3.63, 3.8) is 0 Å². The van der Waals surface area contributed by atoms with Gasteiger partial charge in [0.15, 0.2) is 0 Å². The van der Waals surface area contributed by atoms with Crippen LogP contribution in [0.15, 0.2) is 18.2 Å². The SMILES string of the molecule is CCNc1ccc([N+](=O)[O-])cc1C(=O)NCCCCSC. The van der Waals surface area contributed by atoms with Gasteiger partial charge in [-0.2, -0.15) is 11.8 Å². The van der Waals surface area contributed by atoms with E-state index in [1.54, 1.807) is 17.8 Å². The lowest BCUT2D eigenvalue weighted by atomic mass is 10.1. The summed E-state index contributed by atoms with van der Waals surface area (Å²) in [7, 11) is 0. The van der Waals surface area contributed by atoms with Crippen LogP contribution in [0.3, 0.4) is 0 Å². The molecular weight excluding hydrogens is 290 g/mol. The molecule has 0 bridgehead atoms. The van der Waals surface area contributed by atoms with E-state index in [0.29, 0.717) is 24.3 Å². The van der Waals surface area contributed by atoms with Crippen LogP contribution in [-0.4, -0.2) is 35.9 Å². The first-order valence-electron chi connectivity index (χ1n) is 6.89. The number of hydrogen-bond donors (Lipinski definition) is 2. The minimum absolute atomic E-state index is 0.0795. The van der Waals surface area contributed by atoms with E-state index in [1.165, 1.54) is 12.1 Å². The zero-order valence-electron chi connectivity index (χ0n) is 12.3. The Balaban J connectivity index is 2.74. The minimum atomic E-state index is -0.495.